The molecule has 4 aliphatic rings. The van der Waals surface area contributed by atoms with Crippen LogP contribution in [-0.2, 0) is 11.8 Å². The Morgan fingerprint density at radius 1 is 1.09 bits per heavy atom. The first-order valence-electron chi connectivity index (χ1n) is 12.3. The minimum atomic E-state index is -0.669. The second kappa shape index (κ2) is 8.29. The molecule has 2 atom stereocenters. The molecule has 4 aliphatic carbocycles. The number of carbonyl (C=O) groups is 3. The minimum Gasteiger partial charge on any atom is -0.390 e. The quantitative estimate of drug-likeness (QED) is 0.449. The van der Waals surface area contributed by atoms with Gasteiger partial charge in [-0.2, -0.15) is 0 Å². The van der Waals surface area contributed by atoms with Crippen molar-refractivity contribution in [2.75, 3.05) is 5.32 Å². The molecular formula is C27H32FN3O4. The molecule has 1 heterocycles. The van der Waals surface area contributed by atoms with Crippen LogP contribution < -0.4 is 10.6 Å². The lowest BCUT2D eigenvalue weighted by atomic mass is 9.52. The van der Waals surface area contributed by atoms with Gasteiger partial charge in [-0.15, -0.1) is 0 Å². The number of Topliss-reactive ketones (excluding diaryl/α,β-unsaturated/α-hetero) is 1. The predicted octanol–water partition coefficient (Wildman–Crippen LogP) is 3.58. The Labute approximate surface area is 204 Å². The molecule has 0 saturated heterocycles. The molecule has 0 aliphatic heterocycles. The first-order chi connectivity index (χ1) is 16.5. The van der Waals surface area contributed by atoms with Crippen molar-refractivity contribution in [3.63, 3.8) is 0 Å². The van der Waals surface area contributed by atoms with Crippen LogP contribution in [0.15, 0.2) is 18.2 Å². The SMILES string of the molecule is Cc1cc(NC(=O)c2c(C)c(C(=O)C(=O)N[C@H]3C4CC5CC3C[C@](O)(C5)C4)n(C)c2C)ccc1F. The molecule has 2 amide bonds. The maximum absolute atomic E-state index is 13.6. The van der Waals surface area contributed by atoms with Crippen molar-refractivity contribution in [2.24, 2.45) is 24.8 Å². The van der Waals surface area contributed by atoms with E-state index in [1.165, 1.54) is 12.1 Å². The number of hydrogen-bond donors (Lipinski definition) is 3. The summed E-state index contributed by atoms with van der Waals surface area (Å²) in [5, 5.41) is 16.6. The van der Waals surface area contributed by atoms with Crippen LogP contribution in [0, 0.1) is 44.3 Å². The maximum atomic E-state index is 13.6. The molecule has 1 aromatic heterocycles. The van der Waals surface area contributed by atoms with Gasteiger partial charge in [-0.25, -0.2) is 4.39 Å². The van der Waals surface area contributed by atoms with E-state index < -0.39 is 23.2 Å². The summed E-state index contributed by atoms with van der Waals surface area (Å²) in [5.41, 5.74) is 1.75. The number of aromatic nitrogens is 1. The summed E-state index contributed by atoms with van der Waals surface area (Å²) in [6, 6.07) is 4.21. The van der Waals surface area contributed by atoms with Gasteiger partial charge in [0.2, 0.25) is 0 Å². The number of aliphatic hydroxyl groups is 1. The lowest BCUT2D eigenvalue weighted by molar-refractivity contribution is -0.144. The fourth-order valence-electron chi connectivity index (χ4n) is 7.09. The van der Waals surface area contributed by atoms with Crippen molar-refractivity contribution < 1.29 is 23.9 Å². The molecule has 2 unspecified atom stereocenters. The zero-order valence-electron chi connectivity index (χ0n) is 20.6. The molecule has 3 N–H and O–H groups in total. The van der Waals surface area contributed by atoms with Gasteiger partial charge in [0.15, 0.2) is 0 Å². The summed E-state index contributed by atoms with van der Waals surface area (Å²) in [4.78, 5) is 39.5. The Kier molecular flexibility index (Phi) is 5.62. The summed E-state index contributed by atoms with van der Waals surface area (Å²) in [6.07, 6.45) is 4.16. The molecule has 4 saturated carbocycles. The van der Waals surface area contributed by atoms with Crippen LogP contribution in [0.25, 0.3) is 0 Å². The van der Waals surface area contributed by atoms with Gasteiger partial charge in [0.05, 0.1) is 16.9 Å². The van der Waals surface area contributed by atoms with Crippen molar-refractivity contribution in [2.45, 2.75) is 64.5 Å². The van der Waals surface area contributed by atoms with E-state index in [1.54, 1.807) is 38.5 Å². The van der Waals surface area contributed by atoms with Crippen molar-refractivity contribution in [3.05, 3.63) is 52.1 Å². The van der Waals surface area contributed by atoms with E-state index in [1.807, 2.05) is 0 Å². The van der Waals surface area contributed by atoms with Crippen LogP contribution in [-0.4, -0.2) is 38.9 Å². The molecule has 0 radical (unpaired) electrons. The third kappa shape index (κ3) is 3.97. The average molecular weight is 482 g/mol. The Bertz CT molecular complexity index is 1230. The van der Waals surface area contributed by atoms with E-state index in [0.717, 1.165) is 19.3 Å². The summed E-state index contributed by atoms with van der Waals surface area (Å²) >= 11 is 0. The van der Waals surface area contributed by atoms with Crippen LogP contribution in [0.2, 0.25) is 0 Å². The third-order valence-electron chi connectivity index (χ3n) is 8.53. The molecule has 6 rings (SSSR count). The van der Waals surface area contributed by atoms with E-state index in [4.69, 9.17) is 0 Å². The first-order valence-corrected chi connectivity index (χ1v) is 12.3. The molecule has 4 fully saturated rings. The van der Waals surface area contributed by atoms with Gasteiger partial charge < -0.3 is 20.3 Å². The highest BCUT2D eigenvalue weighted by molar-refractivity contribution is 6.43. The van der Waals surface area contributed by atoms with E-state index in [0.29, 0.717) is 46.8 Å². The molecule has 4 bridgehead atoms. The van der Waals surface area contributed by atoms with Crippen LogP contribution in [0.5, 0.6) is 0 Å². The van der Waals surface area contributed by atoms with Gasteiger partial charge in [0.1, 0.15) is 5.82 Å². The number of rotatable bonds is 5. The van der Waals surface area contributed by atoms with Crippen molar-refractivity contribution >= 4 is 23.3 Å². The Balaban J connectivity index is 1.35. The van der Waals surface area contributed by atoms with Crippen LogP contribution >= 0.6 is 0 Å². The Morgan fingerprint density at radius 2 is 1.74 bits per heavy atom. The largest absolute Gasteiger partial charge is 0.390 e. The fourth-order valence-corrected chi connectivity index (χ4v) is 7.09. The number of nitrogens with one attached hydrogen (secondary N) is 2. The summed E-state index contributed by atoms with van der Waals surface area (Å²) in [7, 11) is 1.67. The molecule has 2 aromatic rings. The Hall–Kier alpha value is -3.00. The minimum absolute atomic E-state index is 0.102. The molecular weight excluding hydrogens is 449 g/mol. The van der Waals surface area contributed by atoms with Gasteiger partial charge in [0.25, 0.3) is 17.6 Å². The lowest BCUT2D eigenvalue weighted by Crippen LogP contribution is -2.62. The number of halogens is 1. The topological polar surface area (TPSA) is 100 Å². The molecule has 0 spiro atoms. The number of hydrogen-bond acceptors (Lipinski definition) is 4. The summed E-state index contributed by atoms with van der Waals surface area (Å²) in [6.45, 7) is 5.00. The van der Waals surface area contributed by atoms with E-state index in [2.05, 4.69) is 10.6 Å². The monoisotopic (exact) mass is 481 g/mol. The average Bonchev–Trinajstić information content (AvgIpc) is 2.99. The highest BCUT2D eigenvalue weighted by Crippen LogP contribution is 2.55. The Morgan fingerprint density at radius 3 is 2.34 bits per heavy atom. The second-order valence-electron chi connectivity index (χ2n) is 10.9. The number of aryl methyl sites for hydroxylation is 1. The third-order valence-corrected chi connectivity index (χ3v) is 8.53. The van der Waals surface area contributed by atoms with E-state index >= 15 is 0 Å². The summed E-state index contributed by atoms with van der Waals surface area (Å²) in [5.74, 6) is -1.22. The second-order valence-corrected chi connectivity index (χ2v) is 10.9. The number of benzene rings is 1. The van der Waals surface area contributed by atoms with Gasteiger partial charge in [-0.3, -0.25) is 14.4 Å². The van der Waals surface area contributed by atoms with Gasteiger partial charge in [0, 0.05) is 24.5 Å². The highest BCUT2D eigenvalue weighted by Gasteiger charge is 2.55. The number of ketones is 1. The lowest BCUT2D eigenvalue weighted by Gasteiger charge is -2.58. The number of anilines is 1. The zero-order chi connectivity index (χ0) is 25.2. The maximum Gasteiger partial charge on any atom is 0.294 e. The van der Waals surface area contributed by atoms with E-state index in [9.17, 15) is 23.9 Å². The van der Waals surface area contributed by atoms with Crippen molar-refractivity contribution in [3.8, 4) is 0 Å². The van der Waals surface area contributed by atoms with Crippen molar-refractivity contribution in [1.29, 1.82) is 0 Å². The van der Waals surface area contributed by atoms with Crippen LogP contribution in [0.3, 0.4) is 0 Å². The first kappa shape index (κ1) is 23.7. The van der Waals surface area contributed by atoms with Gasteiger partial charge in [-0.05, 0) is 100.0 Å². The number of carbonyl (C=O) groups excluding carboxylic acids is 3. The highest BCUT2D eigenvalue weighted by atomic mass is 19.1. The fraction of sp³-hybridized carbons (Fsp3) is 0.519. The standard InChI is InChI=1S/C27H32FN3O4/c1-13-7-19(5-6-20(13)28)29-25(33)21-14(2)23(31(4)15(21)3)24(32)26(34)30-22-17-8-16-9-18(22)12-27(35,10-16)11-17/h5-7,16-18,22,35H,8-12H2,1-4H3,(H,29,33)(H,30,34)/t16?,17?,18?,22-,27-. The molecule has 7 nitrogen and oxygen atoms in total. The van der Waals surface area contributed by atoms with Gasteiger partial charge in [-0.1, -0.05) is 0 Å². The van der Waals surface area contributed by atoms with Crippen molar-refractivity contribution in [1.82, 2.24) is 9.88 Å². The van der Waals surface area contributed by atoms with Gasteiger partial charge >= 0.3 is 0 Å². The smallest absolute Gasteiger partial charge is 0.294 e. The van der Waals surface area contributed by atoms with Crippen LogP contribution in [0.4, 0.5) is 10.1 Å². The van der Waals surface area contributed by atoms with Crippen LogP contribution in [0.1, 0.15) is 69.8 Å². The molecule has 1 aromatic carbocycles. The zero-order valence-corrected chi connectivity index (χ0v) is 20.6. The summed E-state index contributed by atoms with van der Waals surface area (Å²) < 4.78 is 15.2. The normalized spacial score (nSPS) is 28.7. The van der Waals surface area contributed by atoms with E-state index in [-0.39, 0.29) is 29.4 Å². The molecule has 186 valence electrons. The number of nitrogens with zero attached hydrogens (tertiary/aromatic N) is 1. The molecule has 8 heteroatoms. The molecule has 35 heavy (non-hydrogen) atoms. The number of amides is 2. The predicted molar refractivity (Wildman–Crippen MR) is 129 cm³/mol.